The molecule has 2 aromatic carbocycles. The Morgan fingerprint density at radius 1 is 1.14 bits per heavy atom. The minimum Gasteiger partial charge on any atom is -0.496 e. The first kappa shape index (κ1) is 19.5. The molecule has 0 aliphatic carbocycles. The molecule has 0 unspecified atom stereocenters. The number of hydrazone groups is 1. The van der Waals surface area contributed by atoms with Gasteiger partial charge in [-0.15, -0.1) is 5.10 Å². The number of nitrogens with one attached hydrogen (secondary N) is 1. The van der Waals surface area contributed by atoms with Gasteiger partial charge in [0, 0.05) is 16.5 Å². The fourth-order valence-electron chi connectivity index (χ4n) is 3.50. The van der Waals surface area contributed by atoms with E-state index in [1.54, 1.807) is 23.9 Å². The molecule has 2 aliphatic heterocycles. The molecule has 2 aliphatic rings. The molecule has 2 aromatic rings. The molecule has 6 nitrogen and oxygen atoms in total. The summed E-state index contributed by atoms with van der Waals surface area (Å²) in [4.78, 5) is 18.0. The second-order valence-corrected chi connectivity index (χ2v) is 7.95. The van der Waals surface area contributed by atoms with Crippen LogP contribution in [0.2, 0.25) is 0 Å². The minimum absolute atomic E-state index is 0.153. The number of thioether (sulfide) groups is 1. The lowest BCUT2D eigenvalue weighted by Gasteiger charge is -2.34. The highest BCUT2D eigenvalue weighted by Crippen LogP contribution is 2.35. The summed E-state index contributed by atoms with van der Waals surface area (Å²) in [5.74, 6) is 1.49. The fraction of sp³-hybridized carbons (Fsp3) is 0.318. The number of fused-ring (bicyclic) bond motifs is 2. The predicted octanol–water partition coefficient (Wildman–Crippen LogP) is 2.76. The van der Waals surface area contributed by atoms with Crippen LogP contribution in [-0.4, -0.2) is 28.9 Å². The van der Waals surface area contributed by atoms with Gasteiger partial charge < -0.3 is 4.74 Å². The molecule has 0 saturated heterocycles. The van der Waals surface area contributed by atoms with Crippen molar-refractivity contribution in [3.05, 3.63) is 64.7 Å². The molecule has 1 atom stereocenters. The van der Waals surface area contributed by atoms with Crippen molar-refractivity contribution in [2.45, 2.75) is 32.4 Å². The Kier molecular flexibility index (Phi) is 5.85. The summed E-state index contributed by atoms with van der Waals surface area (Å²) in [7, 11) is 1.64. The van der Waals surface area contributed by atoms with Crippen molar-refractivity contribution in [2.75, 3.05) is 12.9 Å². The maximum Gasteiger partial charge on any atom is 0.276 e. The summed E-state index contributed by atoms with van der Waals surface area (Å²) in [6.45, 7) is 2.18. The molecule has 7 heteroatoms. The van der Waals surface area contributed by atoms with Crippen molar-refractivity contribution < 1.29 is 9.53 Å². The number of hydrogen-bond acceptors (Lipinski definition) is 6. The zero-order chi connectivity index (χ0) is 20.2. The summed E-state index contributed by atoms with van der Waals surface area (Å²) in [6.07, 6.45) is 2.96. The smallest absolute Gasteiger partial charge is 0.276 e. The van der Waals surface area contributed by atoms with Crippen LogP contribution in [0.15, 0.2) is 58.6 Å². The number of carbonyl (C=O) groups excluding carboxylic acids is 1. The third-order valence-electron chi connectivity index (χ3n) is 4.92. The number of carbonyl (C=O) groups is 1. The van der Waals surface area contributed by atoms with Gasteiger partial charge >= 0.3 is 0 Å². The molecule has 0 aromatic heterocycles. The number of para-hydroxylation sites is 2. The minimum atomic E-state index is -0.464. The molecule has 1 N–H and O–H groups in total. The van der Waals surface area contributed by atoms with Crippen LogP contribution in [0.5, 0.6) is 5.75 Å². The van der Waals surface area contributed by atoms with E-state index in [9.17, 15) is 4.79 Å². The van der Waals surface area contributed by atoms with E-state index in [0.29, 0.717) is 10.9 Å². The lowest BCUT2D eigenvalue weighted by Crippen LogP contribution is -2.50. The maximum absolute atomic E-state index is 13.1. The van der Waals surface area contributed by atoms with Gasteiger partial charge in [0.15, 0.2) is 11.3 Å². The second-order valence-electron chi connectivity index (χ2n) is 6.87. The highest BCUT2D eigenvalue weighted by atomic mass is 32.2. The van der Waals surface area contributed by atoms with Crippen LogP contribution in [-0.2, 0) is 4.79 Å². The van der Waals surface area contributed by atoms with E-state index >= 15 is 0 Å². The van der Waals surface area contributed by atoms with Gasteiger partial charge in [-0.2, -0.15) is 0 Å². The van der Waals surface area contributed by atoms with Crippen LogP contribution in [0.1, 0.15) is 37.9 Å². The zero-order valence-corrected chi connectivity index (χ0v) is 17.4. The van der Waals surface area contributed by atoms with E-state index in [1.807, 2.05) is 48.5 Å². The third-order valence-corrected chi connectivity index (χ3v) is 5.87. The van der Waals surface area contributed by atoms with Crippen molar-refractivity contribution in [3.8, 4) is 5.75 Å². The Balaban J connectivity index is 1.80. The normalized spacial score (nSPS) is 17.7. The van der Waals surface area contributed by atoms with Crippen LogP contribution >= 0.6 is 11.8 Å². The average Bonchev–Trinajstić information content (AvgIpc) is 2.76. The van der Waals surface area contributed by atoms with E-state index < -0.39 is 6.17 Å². The number of amides is 1. The number of methoxy groups -OCH3 is 1. The van der Waals surface area contributed by atoms with Gasteiger partial charge in [-0.1, -0.05) is 67.9 Å². The van der Waals surface area contributed by atoms with Crippen LogP contribution in [0.4, 0.5) is 0 Å². The van der Waals surface area contributed by atoms with Crippen LogP contribution in [0, 0.1) is 0 Å². The molecule has 150 valence electrons. The summed E-state index contributed by atoms with van der Waals surface area (Å²) >= 11 is 1.58. The number of benzene rings is 2. The van der Waals surface area contributed by atoms with Gasteiger partial charge in [-0.3, -0.25) is 15.1 Å². The van der Waals surface area contributed by atoms with Crippen molar-refractivity contribution in [3.63, 3.8) is 0 Å². The predicted molar refractivity (Wildman–Crippen MR) is 116 cm³/mol. The first-order chi connectivity index (χ1) is 14.2. The Labute approximate surface area is 174 Å². The highest BCUT2D eigenvalue weighted by molar-refractivity contribution is 8.13. The summed E-state index contributed by atoms with van der Waals surface area (Å²) in [6, 6.07) is 15.4. The van der Waals surface area contributed by atoms with Crippen molar-refractivity contribution in [1.29, 1.82) is 0 Å². The lowest BCUT2D eigenvalue weighted by molar-refractivity contribution is -0.116. The molecule has 29 heavy (non-hydrogen) atoms. The summed E-state index contributed by atoms with van der Waals surface area (Å²) in [5, 5.41) is 11.7. The van der Waals surface area contributed by atoms with Crippen LogP contribution < -0.4 is 20.6 Å². The maximum atomic E-state index is 13.1. The monoisotopic (exact) mass is 408 g/mol. The highest BCUT2D eigenvalue weighted by Gasteiger charge is 2.35. The number of ether oxygens (including phenoxy) is 1. The summed E-state index contributed by atoms with van der Waals surface area (Å²) < 4.78 is 5.56. The topological polar surface area (TPSA) is 66.3 Å². The molecule has 0 bridgehead atoms. The van der Waals surface area contributed by atoms with Gasteiger partial charge in [-0.25, -0.2) is 5.01 Å². The van der Waals surface area contributed by atoms with Crippen LogP contribution in [0.25, 0.3) is 5.70 Å². The Morgan fingerprint density at radius 2 is 1.93 bits per heavy atom. The quantitative estimate of drug-likeness (QED) is 0.747. The number of hydrogen-bond donors (Lipinski definition) is 1. The molecule has 1 amide bonds. The standard InChI is InChI=1S/C22H24N4O2S/c1-3-4-9-14-29-22-24-21(27)19-15-10-5-7-12-17(15)23-20(26(19)25-22)16-11-6-8-13-18(16)28-2/h5-8,10-13,20H,3-4,9,14H2,1-2H3,(H,24,25,27)/t20-/m1/s1. The number of nitrogens with zero attached hydrogens (tertiary/aromatic N) is 3. The van der Waals surface area contributed by atoms with Gasteiger partial charge in [0.05, 0.1) is 12.5 Å². The van der Waals surface area contributed by atoms with Gasteiger partial charge in [-0.05, 0) is 18.6 Å². The van der Waals surface area contributed by atoms with Crippen molar-refractivity contribution >= 4 is 28.5 Å². The SMILES string of the molecule is CCCCCSC1=NN2C(=c3ccccc3=N[C@H]2c2ccccc2OC)C(=O)N1. The molecule has 0 radical (unpaired) electrons. The molecule has 0 spiro atoms. The molecule has 4 rings (SSSR count). The Hall–Kier alpha value is -2.80. The largest absolute Gasteiger partial charge is 0.496 e. The first-order valence-electron chi connectivity index (χ1n) is 9.85. The van der Waals surface area contributed by atoms with E-state index in [1.165, 1.54) is 6.42 Å². The van der Waals surface area contributed by atoms with E-state index in [4.69, 9.17) is 14.8 Å². The summed E-state index contributed by atoms with van der Waals surface area (Å²) in [5.41, 5.74) is 1.39. The van der Waals surface area contributed by atoms with Crippen molar-refractivity contribution in [1.82, 2.24) is 10.3 Å². The lowest BCUT2D eigenvalue weighted by atomic mass is 10.1. The number of rotatable bonds is 6. The van der Waals surface area contributed by atoms with E-state index in [0.717, 1.165) is 40.5 Å². The first-order valence-corrected chi connectivity index (χ1v) is 10.8. The molecule has 0 saturated carbocycles. The average molecular weight is 409 g/mol. The molecule has 0 fully saturated rings. The molecular weight excluding hydrogens is 384 g/mol. The zero-order valence-electron chi connectivity index (χ0n) is 16.6. The van der Waals surface area contributed by atoms with E-state index in [-0.39, 0.29) is 5.91 Å². The van der Waals surface area contributed by atoms with Gasteiger partial charge in [0.1, 0.15) is 11.4 Å². The van der Waals surface area contributed by atoms with Crippen molar-refractivity contribution in [2.24, 2.45) is 10.1 Å². The van der Waals surface area contributed by atoms with Crippen LogP contribution in [0.3, 0.4) is 0 Å². The fourth-order valence-corrected chi connectivity index (χ4v) is 4.35. The van der Waals surface area contributed by atoms with E-state index in [2.05, 4.69) is 12.2 Å². The number of amidine groups is 1. The van der Waals surface area contributed by atoms with Gasteiger partial charge in [0.25, 0.3) is 5.91 Å². The molecular formula is C22H24N4O2S. The Bertz CT molecular complexity index is 1070. The second kappa shape index (κ2) is 8.69. The number of unbranched alkanes of at least 4 members (excludes halogenated alkanes) is 2. The Morgan fingerprint density at radius 3 is 2.76 bits per heavy atom. The molecule has 2 heterocycles. The van der Waals surface area contributed by atoms with Gasteiger partial charge in [0.2, 0.25) is 0 Å². The third kappa shape index (κ3) is 3.87.